The Balaban J connectivity index is 2.45. The molecule has 0 aliphatic heterocycles. The standard InChI is InChI=1S/C15H21NO4S/c1-3-19-14(17)13(9-10-21-2)16-15(18)20-11-12-7-5-4-6-8-12/h4-8,13H,3,9-11H2,1-2H3,(H,16,18)/t13-/m0/s1. The van der Waals surface area contributed by atoms with Crippen molar-refractivity contribution in [3.8, 4) is 0 Å². The van der Waals surface area contributed by atoms with E-state index in [1.807, 2.05) is 36.6 Å². The van der Waals surface area contributed by atoms with E-state index < -0.39 is 18.1 Å². The van der Waals surface area contributed by atoms with Crippen molar-refractivity contribution in [3.63, 3.8) is 0 Å². The minimum Gasteiger partial charge on any atom is -0.464 e. The Bertz CT molecular complexity index is 439. The van der Waals surface area contributed by atoms with E-state index in [2.05, 4.69) is 5.32 Å². The minimum absolute atomic E-state index is 0.171. The van der Waals surface area contributed by atoms with E-state index in [-0.39, 0.29) is 13.2 Å². The number of hydrogen-bond donors (Lipinski definition) is 1. The van der Waals surface area contributed by atoms with Gasteiger partial charge in [-0.15, -0.1) is 0 Å². The molecule has 1 rings (SSSR count). The Morgan fingerprint density at radius 1 is 1.24 bits per heavy atom. The summed E-state index contributed by atoms with van der Waals surface area (Å²) in [5, 5.41) is 2.56. The highest BCUT2D eigenvalue weighted by Crippen LogP contribution is 2.05. The molecule has 0 aromatic heterocycles. The molecule has 1 atom stereocenters. The summed E-state index contributed by atoms with van der Waals surface area (Å²) in [6.07, 6.45) is 1.84. The Morgan fingerprint density at radius 2 is 1.95 bits per heavy atom. The molecule has 0 heterocycles. The first-order valence-electron chi connectivity index (χ1n) is 6.80. The summed E-state index contributed by atoms with van der Waals surface area (Å²) in [4.78, 5) is 23.5. The number of ether oxygens (including phenoxy) is 2. The van der Waals surface area contributed by atoms with Crippen LogP contribution in [0.15, 0.2) is 30.3 Å². The number of benzene rings is 1. The van der Waals surface area contributed by atoms with Gasteiger partial charge in [-0.3, -0.25) is 0 Å². The van der Waals surface area contributed by atoms with E-state index in [1.54, 1.807) is 18.7 Å². The molecule has 0 unspecified atom stereocenters. The maximum absolute atomic E-state index is 11.8. The summed E-state index contributed by atoms with van der Waals surface area (Å²) in [6, 6.07) is 8.70. The monoisotopic (exact) mass is 311 g/mol. The molecule has 116 valence electrons. The van der Waals surface area contributed by atoms with Crippen molar-refractivity contribution >= 4 is 23.8 Å². The topological polar surface area (TPSA) is 64.6 Å². The number of rotatable bonds is 8. The summed E-state index contributed by atoms with van der Waals surface area (Å²) < 4.78 is 10.0. The van der Waals surface area contributed by atoms with Crippen LogP contribution < -0.4 is 5.32 Å². The SMILES string of the molecule is CCOC(=O)[C@H](CCSC)NC(=O)OCc1ccccc1. The van der Waals surface area contributed by atoms with Crippen LogP contribution in [0.4, 0.5) is 4.79 Å². The normalized spacial score (nSPS) is 11.5. The molecule has 5 nitrogen and oxygen atoms in total. The van der Waals surface area contributed by atoms with E-state index in [4.69, 9.17) is 9.47 Å². The number of carbonyl (C=O) groups is 2. The smallest absolute Gasteiger partial charge is 0.408 e. The molecule has 1 aromatic carbocycles. The number of alkyl carbamates (subject to hydrolysis) is 1. The van der Waals surface area contributed by atoms with Crippen LogP contribution in [0.3, 0.4) is 0 Å². The zero-order chi connectivity index (χ0) is 15.5. The summed E-state index contributed by atoms with van der Waals surface area (Å²) >= 11 is 1.60. The molecule has 1 amide bonds. The molecule has 0 bridgehead atoms. The molecule has 1 N–H and O–H groups in total. The summed E-state index contributed by atoms with van der Waals surface area (Å²) in [7, 11) is 0. The molecule has 0 spiro atoms. The Morgan fingerprint density at radius 3 is 2.57 bits per heavy atom. The molecule has 1 aromatic rings. The van der Waals surface area contributed by atoms with Crippen molar-refractivity contribution < 1.29 is 19.1 Å². The van der Waals surface area contributed by atoms with Gasteiger partial charge < -0.3 is 14.8 Å². The predicted octanol–water partition coefficient (Wildman–Crippen LogP) is 2.60. The van der Waals surface area contributed by atoms with E-state index >= 15 is 0 Å². The lowest BCUT2D eigenvalue weighted by Crippen LogP contribution is -2.42. The molecule has 6 heteroatoms. The molecule has 0 radical (unpaired) electrons. The van der Waals surface area contributed by atoms with Gasteiger partial charge in [0.05, 0.1) is 6.61 Å². The second kappa shape index (κ2) is 10.1. The van der Waals surface area contributed by atoms with Crippen LogP contribution in [-0.4, -0.2) is 36.7 Å². The third kappa shape index (κ3) is 7.04. The van der Waals surface area contributed by atoms with Crippen molar-refractivity contribution in [3.05, 3.63) is 35.9 Å². The highest BCUT2D eigenvalue weighted by atomic mass is 32.2. The second-order valence-electron chi connectivity index (χ2n) is 4.29. The van der Waals surface area contributed by atoms with Crippen LogP contribution in [0.25, 0.3) is 0 Å². The quantitative estimate of drug-likeness (QED) is 0.748. The molecule has 0 saturated heterocycles. The van der Waals surface area contributed by atoms with Crippen LogP contribution in [0.5, 0.6) is 0 Å². The van der Waals surface area contributed by atoms with Gasteiger partial charge >= 0.3 is 12.1 Å². The molecule has 0 aliphatic rings. The van der Waals surface area contributed by atoms with Crippen molar-refractivity contribution in [2.45, 2.75) is 26.0 Å². The van der Waals surface area contributed by atoms with Gasteiger partial charge in [-0.25, -0.2) is 9.59 Å². The third-order valence-corrected chi connectivity index (χ3v) is 3.33. The number of hydrogen-bond acceptors (Lipinski definition) is 5. The molecular formula is C15H21NO4S. The predicted molar refractivity (Wildman–Crippen MR) is 83.2 cm³/mol. The van der Waals surface area contributed by atoms with Crippen molar-refractivity contribution in [1.29, 1.82) is 0 Å². The van der Waals surface area contributed by atoms with Gasteiger partial charge in [-0.1, -0.05) is 30.3 Å². The van der Waals surface area contributed by atoms with E-state index in [0.29, 0.717) is 6.42 Å². The first kappa shape index (κ1) is 17.4. The van der Waals surface area contributed by atoms with Gasteiger partial charge in [-0.2, -0.15) is 11.8 Å². The lowest BCUT2D eigenvalue weighted by atomic mass is 10.2. The van der Waals surface area contributed by atoms with Crippen LogP contribution in [0.1, 0.15) is 18.9 Å². The minimum atomic E-state index is -0.666. The zero-order valence-electron chi connectivity index (χ0n) is 12.3. The van der Waals surface area contributed by atoms with E-state index in [9.17, 15) is 9.59 Å². The second-order valence-corrected chi connectivity index (χ2v) is 5.28. The number of esters is 1. The summed E-state index contributed by atoms with van der Waals surface area (Å²) in [6.45, 7) is 2.19. The number of nitrogens with one attached hydrogen (secondary N) is 1. The first-order chi connectivity index (χ1) is 10.2. The van der Waals surface area contributed by atoms with Crippen LogP contribution in [-0.2, 0) is 20.9 Å². The number of thioether (sulfide) groups is 1. The average molecular weight is 311 g/mol. The number of carbonyl (C=O) groups excluding carboxylic acids is 2. The third-order valence-electron chi connectivity index (χ3n) is 2.69. The molecule has 0 fully saturated rings. The van der Waals surface area contributed by atoms with Gasteiger partial charge in [0.2, 0.25) is 0 Å². The highest BCUT2D eigenvalue weighted by molar-refractivity contribution is 7.98. The average Bonchev–Trinajstić information content (AvgIpc) is 2.50. The fourth-order valence-corrected chi connectivity index (χ4v) is 2.11. The first-order valence-corrected chi connectivity index (χ1v) is 8.19. The van der Waals surface area contributed by atoms with Gasteiger partial charge in [0.25, 0.3) is 0 Å². The van der Waals surface area contributed by atoms with E-state index in [1.165, 1.54) is 0 Å². The molecule has 0 saturated carbocycles. The Labute approximate surface area is 129 Å². The van der Waals surface area contributed by atoms with Crippen LogP contribution in [0, 0.1) is 0 Å². The summed E-state index contributed by atoms with van der Waals surface area (Å²) in [5.41, 5.74) is 0.893. The zero-order valence-corrected chi connectivity index (χ0v) is 13.2. The van der Waals surface area contributed by atoms with Gasteiger partial charge in [0.15, 0.2) is 0 Å². The highest BCUT2D eigenvalue weighted by Gasteiger charge is 2.22. The largest absolute Gasteiger partial charge is 0.464 e. The Hall–Kier alpha value is -1.69. The van der Waals surface area contributed by atoms with Crippen LogP contribution >= 0.6 is 11.8 Å². The lowest BCUT2D eigenvalue weighted by molar-refractivity contribution is -0.145. The van der Waals surface area contributed by atoms with Crippen molar-refractivity contribution in [2.75, 3.05) is 18.6 Å². The maximum Gasteiger partial charge on any atom is 0.408 e. The maximum atomic E-state index is 11.8. The number of amides is 1. The summed E-state index contributed by atoms with van der Waals surface area (Å²) in [5.74, 6) is 0.325. The van der Waals surface area contributed by atoms with Gasteiger partial charge in [-0.05, 0) is 30.9 Å². The fraction of sp³-hybridized carbons (Fsp3) is 0.467. The van der Waals surface area contributed by atoms with Crippen molar-refractivity contribution in [2.24, 2.45) is 0 Å². The Kier molecular flexibility index (Phi) is 8.35. The van der Waals surface area contributed by atoms with Crippen molar-refractivity contribution in [1.82, 2.24) is 5.32 Å². The van der Waals surface area contributed by atoms with Gasteiger partial charge in [0.1, 0.15) is 12.6 Å². The lowest BCUT2D eigenvalue weighted by Gasteiger charge is -2.16. The molecule has 0 aliphatic carbocycles. The van der Waals surface area contributed by atoms with E-state index in [0.717, 1.165) is 11.3 Å². The molecular weight excluding hydrogens is 290 g/mol. The van der Waals surface area contributed by atoms with Crippen LogP contribution in [0.2, 0.25) is 0 Å². The molecule has 21 heavy (non-hydrogen) atoms. The fourth-order valence-electron chi connectivity index (χ4n) is 1.63. The van der Waals surface area contributed by atoms with Gasteiger partial charge in [0, 0.05) is 0 Å².